The average Bonchev–Trinajstić information content (AvgIpc) is 2.34. The van der Waals surface area contributed by atoms with Crippen LogP contribution < -0.4 is 5.32 Å². The number of hydrogen-bond acceptors (Lipinski definition) is 3. The fraction of sp³-hybridized carbons (Fsp3) is 0. The Balaban J connectivity index is 2.34. The molecule has 0 radical (unpaired) electrons. The highest BCUT2D eigenvalue weighted by molar-refractivity contribution is 5.93. The van der Waals surface area contributed by atoms with Crippen LogP contribution in [0.3, 0.4) is 0 Å². The lowest BCUT2D eigenvalue weighted by molar-refractivity contribution is 0.0697. The standard InChI is InChI=1S/C12H8F2N2O2/c13-9-4-3-7(6-10(9)14)16-11-8(12(17)18)2-1-5-15-11/h1-6H,(H,15,16)(H,17,18). The summed E-state index contributed by atoms with van der Waals surface area (Å²) in [6.07, 6.45) is 1.40. The third-order valence-corrected chi connectivity index (χ3v) is 2.22. The van der Waals surface area contributed by atoms with Gasteiger partial charge in [-0.15, -0.1) is 0 Å². The molecular weight excluding hydrogens is 242 g/mol. The van der Waals surface area contributed by atoms with Crippen LogP contribution in [0.4, 0.5) is 20.3 Å². The van der Waals surface area contributed by atoms with E-state index in [2.05, 4.69) is 10.3 Å². The molecule has 0 bridgehead atoms. The first kappa shape index (κ1) is 12.0. The Morgan fingerprint density at radius 2 is 2.00 bits per heavy atom. The van der Waals surface area contributed by atoms with Crippen LogP contribution in [0.15, 0.2) is 36.5 Å². The Kier molecular flexibility index (Phi) is 3.18. The SMILES string of the molecule is O=C(O)c1cccnc1Nc1ccc(F)c(F)c1. The quantitative estimate of drug-likeness (QED) is 0.879. The number of aromatic carboxylic acids is 1. The minimum atomic E-state index is -1.16. The molecule has 2 N–H and O–H groups in total. The predicted molar refractivity (Wildman–Crippen MR) is 60.8 cm³/mol. The molecule has 1 aromatic heterocycles. The molecule has 2 rings (SSSR count). The minimum Gasteiger partial charge on any atom is -0.478 e. The number of benzene rings is 1. The van der Waals surface area contributed by atoms with E-state index in [1.54, 1.807) is 0 Å². The van der Waals surface area contributed by atoms with Crippen LogP contribution in [0.1, 0.15) is 10.4 Å². The van der Waals surface area contributed by atoms with Gasteiger partial charge in [0.25, 0.3) is 0 Å². The molecule has 1 heterocycles. The number of pyridine rings is 1. The molecular formula is C12H8F2N2O2. The van der Waals surface area contributed by atoms with Crippen molar-refractivity contribution in [3.8, 4) is 0 Å². The highest BCUT2D eigenvalue weighted by Gasteiger charge is 2.11. The molecule has 0 unspecified atom stereocenters. The third-order valence-electron chi connectivity index (χ3n) is 2.22. The van der Waals surface area contributed by atoms with Crippen LogP contribution in [-0.4, -0.2) is 16.1 Å². The zero-order chi connectivity index (χ0) is 13.1. The van der Waals surface area contributed by atoms with E-state index in [1.807, 2.05) is 0 Å². The van der Waals surface area contributed by atoms with Crippen LogP contribution >= 0.6 is 0 Å². The van der Waals surface area contributed by atoms with Crippen LogP contribution in [0, 0.1) is 11.6 Å². The molecule has 18 heavy (non-hydrogen) atoms. The summed E-state index contributed by atoms with van der Waals surface area (Å²) in [7, 11) is 0. The number of hydrogen-bond donors (Lipinski definition) is 2. The van der Waals surface area contributed by atoms with Gasteiger partial charge in [0, 0.05) is 18.0 Å². The Morgan fingerprint density at radius 1 is 1.22 bits per heavy atom. The van der Waals surface area contributed by atoms with Gasteiger partial charge in [0.05, 0.1) is 0 Å². The van der Waals surface area contributed by atoms with Gasteiger partial charge < -0.3 is 10.4 Å². The molecule has 92 valence electrons. The fourth-order valence-corrected chi connectivity index (χ4v) is 1.39. The highest BCUT2D eigenvalue weighted by Crippen LogP contribution is 2.20. The predicted octanol–water partition coefficient (Wildman–Crippen LogP) is 2.80. The van der Waals surface area contributed by atoms with Crippen LogP contribution in [-0.2, 0) is 0 Å². The van der Waals surface area contributed by atoms with Gasteiger partial charge in [-0.05, 0) is 24.3 Å². The summed E-state index contributed by atoms with van der Waals surface area (Å²) in [5.41, 5.74) is 0.164. The molecule has 0 spiro atoms. The first-order chi connectivity index (χ1) is 8.58. The van der Waals surface area contributed by atoms with E-state index in [0.717, 1.165) is 12.1 Å². The van der Waals surface area contributed by atoms with Crippen LogP contribution in [0.25, 0.3) is 0 Å². The second kappa shape index (κ2) is 4.79. The summed E-state index contributed by atoms with van der Waals surface area (Å²) in [4.78, 5) is 14.8. The van der Waals surface area contributed by atoms with E-state index >= 15 is 0 Å². The third kappa shape index (κ3) is 2.42. The number of rotatable bonds is 3. The maximum Gasteiger partial charge on any atom is 0.339 e. The number of nitrogens with zero attached hydrogens (tertiary/aromatic N) is 1. The van der Waals surface area contributed by atoms with Crippen molar-refractivity contribution in [3.63, 3.8) is 0 Å². The monoisotopic (exact) mass is 250 g/mol. The summed E-state index contributed by atoms with van der Waals surface area (Å²) in [6.45, 7) is 0. The van der Waals surface area contributed by atoms with Crippen molar-refractivity contribution >= 4 is 17.5 Å². The molecule has 0 fully saturated rings. The van der Waals surface area contributed by atoms with Gasteiger partial charge in [0.1, 0.15) is 11.4 Å². The molecule has 4 nitrogen and oxygen atoms in total. The number of carboxylic acids is 1. The summed E-state index contributed by atoms with van der Waals surface area (Å²) in [6, 6.07) is 5.99. The highest BCUT2D eigenvalue weighted by atomic mass is 19.2. The second-order valence-electron chi connectivity index (χ2n) is 3.46. The van der Waals surface area contributed by atoms with Crippen LogP contribution in [0.2, 0.25) is 0 Å². The summed E-state index contributed by atoms with van der Waals surface area (Å²) >= 11 is 0. The van der Waals surface area contributed by atoms with Gasteiger partial charge in [-0.3, -0.25) is 0 Å². The van der Waals surface area contributed by atoms with E-state index in [9.17, 15) is 13.6 Å². The lowest BCUT2D eigenvalue weighted by atomic mass is 10.2. The molecule has 2 aromatic rings. The van der Waals surface area contributed by atoms with Crippen molar-refractivity contribution in [3.05, 3.63) is 53.7 Å². The molecule has 0 saturated heterocycles. The molecule has 0 atom stereocenters. The molecule has 0 amide bonds. The van der Waals surface area contributed by atoms with Gasteiger partial charge in [-0.2, -0.15) is 0 Å². The topological polar surface area (TPSA) is 62.2 Å². The average molecular weight is 250 g/mol. The zero-order valence-corrected chi connectivity index (χ0v) is 9.02. The number of carbonyl (C=O) groups is 1. The van der Waals surface area contributed by atoms with Gasteiger partial charge in [0.15, 0.2) is 11.6 Å². The zero-order valence-electron chi connectivity index (χ0n) is 9.02. The molecule has 0 aliphatic rings. The van der Waals surface area contributed by atoms with E-state index in [-0.39, 0.29) is 17.1 Å². The van der Waals surface area contributed by atoms with Gasteiger partial charge in [0.2, 0.25) is 0 Å². The lowest BCUT2D eigenvalue weighted by Crippen LogP contribution is -2.04. The van der Waals surface area contributed by atoms with Crippen molar-refractivity contribution in [2.24, 2.45) is 0 Å². The Hall–Kier alpha value is -2.50. The van der Waals surface area contributed by atoms with Crippen molar-refractivity contribution in [1.82, 2.24) is 4.98 Å². The van der Waals surface area contributed by atoms with Gasteiger partial charge in [-0.25, -0.2) is 18.6 Å². The number of nitrogens with one attached hydrogen (secondary N) is 1. The smallest absolute Gasteiger partial charge is 0.339 e. The normalized spacial score (nSPS) is 10.1. The van der Waals surface area contributed by atoms with E-state index in [1.165, 1.54) is 24.4 Å². The Morgan fingerprint density at radius 3 is 2.67 bits per heavy atom. The van der Waals surface area contributed by atoms with Crippen molar-refractivity contribution in [1.29, 1.82) is 0 Å². The Bertz CT molecular complexity index is 602. The van der Waals surface area contributed by atoms with E-state index in [4.69, 9.17) is 5.11 Å². The second-order valence-corrected chi connectivity index (χ2v) is 3.46. The molecule has 0 aliphatic carbocycles. The first-order valence-corrected chi connectivity index (χ1v) is 4.98. The van der Waals surface area contributed by atoms with Crippen molar-refractivity contribution in [2.75, 3.05) is 5.32 Å². The van der Waals surface area contributed by atoms with E-state index in [0.29, 0.717) is 0 Å². The van der Waals surface area contributed by atoms with Gasteiger partial charge in [-0.1, -0.05) is 0 Å². The summed E-state index contributed by atoms with van der Waals surface area (Å²) in [5.74, 6) is -3.09. The largest absolute Gasteiger partial charge is 0.478 e. The lowest BCUT2D eigenvalue weighted by Gasteiger charge is -2.08. The van der Waals surface area contributed by atoms with Gasteiger partial charge >= 0.3 is 5.97 Å². The molecule has 6 heteroatoms. The van der Waals surface area contributed by atoms with Crippen molar-refractivity contribution in [2.45, 2.75) is 0 Å². The Labute approximate surface area is 101 Å². The van der Waals surface area contributed by atoms with E-state index < -0.39 is 17.6 Å². The fourth-order valence-electron chi connectivity index (χ4n) is 1.39. The van der Waals surface area contributed by atoms with Crippen LogP contribution in [0.5, 0.6) is 0 Å². The molecule has 0 aliphatic heterocycles. The molecule has 1 aromatic carbocycles. The number of anilines is 2. The number of aromatic nitrogens is 1. The summed E-state index contributed by atoms with van der Waals surface area (Å²) < 4.78 is 25.7. The first-order valence-electron chi connectivity index (χ1n) is 4.98. The van der Waals surface area contributed by atoms with Crippen molar-refractivity contribution < 1.29 is 18.7 Å². The molecule has 0 saturated carbocycles. The minimum absolute atomic E-state index is 0.0535. The number of halogens is 2. The number of carboxylic acid groups (broad SMARTS) is 1. The maximum absolute atomic E-state index is 13.0. The summed E-state index contributed by atoms with van der Waals surface area (Å²) in [5, 5.41) is 11.6. The maximum atomic E-state index is 13.0.